The second-order valence-electron chi connectivity index (χ2n) is 5.81. The van der Waals surface area contributed by atoms with Crippen molar-refractivity contribution in [3.05, 3.63) is 40.8 Å². The van der Waals surface area contributed by atoms with Gasteiger partial charge in [0.05, 0.1) is 0 Å². The summed E-state index contributed by atoms with van der Waals surface area (Å²) in [6, 6.07) is 8.66. The number of ether oxygens (including phenoxy) is 1. The van der Waals surface area contributed by atoms with E-state index in [4.69, 9.17) is 9.15 Å². The van der Waals surface area contributed by atoms with E-state index in [1.165, 1.54) is 6.07 Å². The molecular weight excluding hydrogens is 332 g/mol. The standard InChI is InChI=1S/C17H20N2O4.ClH/c1-11-12(2)19(8-7-18-11)16(20)10-22-14-5-3-13-4-6-17(21)23-15(13)9-14;/h3-6,9,11-12,18H,7-8,10H2,1-2H3;1H. The summed E-state index contributed by atoms with van der Waals surface area (Å²) >= 11 is 0. The molecule has 1 aromatic heterocycles. The number of hydrogen-bond donors (Lipinski definition) is 1. The number of piperazine rings is 1. The molecule has 7 heteroatoms. The minimum atomic E-state index is -0.408. The zero-order valence-electron chi connectivity index (χ0n) is 13.7. The SMILES string of the molecule is CC1NCCN(C(=O)COc2ccc3ccc(=O)oc3c2)C1C.Cl. The predicted octanol–water partition coefficient (Wildman–Crippen LogP) is 1.80. The second-order valence-corrected chi connectivity index (χ2v) is 5.81. The van der Waals surface area contributed by atoms with Gasteiger partial charge in [0.2, 0.25) is 0 Å². The third-order valence-electron chi connectivity index (χ3n) is 4.31. The van der Waals surface area contributed by atoms with E-state index in [1.54, 1.807) is 24.3 Å². The van der Waals surface area contributed by atoms with E-state index in [0.29, 0.717) is 17.9 Å². The van der Waals surface area contributed by atoms with Crippen molar-refractivity contribution in [1.82, 2.24) is 10.2 Å². The number of fused-ring (bicyclic) bond motifs is 1. The van der Waals surface area contributed by atoms with Gasteiger partial charge in [-0.25, -0.2) is 4.79 Å². The Morgan fingerprint density at radius 3 is 2.88 bits per heavy atom. The third kappa shape index (κ3) is 3.88. The fraction of sp³-hybridized carbons (Fsp3) is 0.412. The number of carbonyl (C=O) groups is 1. The molecule has 6 nitrogen and oxygen atoms in total. The first-order chi connectivity index (χ1) is 11.0. The maximum absolute atomic E-state index is 12.3. The summed E-state index contributed by atoms with van der Waals surface area (Å²) in [4.78, 5) is 25.4. The summed E-state index contributed by atoms with van der Waals surface area (Å²) in [6.45, 7) is 5.54. The fourth-order valence-electron chi connectivity index (χ4n) is 2.77. The molecule has 1 fully saturated rings. The molecule has 1 N–H and O–H groups in total. The fourth-order valence-corrected chi connectivity index (χ4v) is 2.77. The largest absolute Gasteiger partial charge is 0.484 e. The smallest absolute Gasteiger partial charge is 0.336 e. The summed E-state index contributed by atoms with van der Waals surface area (Å²) in [7, 11) is 0. The minimum Gasteiger partial charge on any atom is -0.484 e. The molecular formula is C17H21ClN2O4. The molecule has 0 saturated carbocycles. The van der Waals surface area contributed by atoms with Gasteiger partial charge >= 0.3 is 5.63 Å². The normalized spacial score (nSPS) is 20.5. The lowest BCUT2D eigenvalue weighted by Crippen LogP contribution is -2.58. The van der Waals surface area contributed by atoms with Crippen molar-refractivity contribution in [2.45, 2.75) is 25.9 Å². The van der Waals surface area contributed by atoms with Crippen LogP contribution < -0.4 is 15.7 Å². The van der Waals surface area contributed by atoms with Crippen LogP contribution in [0.15, 0.2) is 39.5 Å². The first-order valence-corrected chi connectivity index (χ1v) is 7.74. The zero-order chi connectivity index (χ0) is 16.4. The molecule has 1 saturated heterocycles. The Morgan fingerprint density at radius 2 is 2.08 bits per heavy atom. The van der Waals surface area contributed by atoms with E-state index >= 15 is 0 Å². The lowest BCUT2D eigenvalue weighted by molar-refractivity contribution is -0.137. The number of hydrogen-bond acceptors (Lipinski definition) is 5. The molecule has 24 heavy (non-hydrogen) atoms. The van der Waals surface area contributed by atoms with Crippen LogP contribution in [-0.4, -0.2) is 42.6 Å². The van der Waals surface area contributed by atoms with E-state index in [2.05, 4.69) is 12.2 Å². The lowest BCUT2D eigenvalue weighted by Gasteiger charge is -2.38. The average Bonchev–Trinajstić information content (AvgIpc) is 2.54. The maximum Gasteiger partial charge on any atom is 0.336 e. The molecule has 2 atom stereocenters. The molecule has 0 aliphatic carbocycles. The van der Waals surface area contributed by atoms with Crippen molar-refractivity contribution >= 4 is 29.3 Å². The van der Waals surface area contributed by atoms with Gasteiger partial charge in [-0.05, 0) is 32.0 Å². The number of carbonyl (C=O) groups excluding carboxylic acids is 1. The second kappa shape index (κ2) is 7.68. The number of halogens is 1. The van der Waals surface area contributed by atoms with Gasteiger partial charge in [-0.1, -0.05) is 0 Å². The van der Waals surface area contributed by atoms with Gasteiger partial charge in [0.25, 0.3) is 5.91 Å². The van der Waals surface area contributed by atoms with Crippen LogP contribution in [0.3, 0.4) is 0 Å². The van der Waals surface area contributed by atoms with Gasteiger partial charge < -0.3 is 19.4 Å². The van der Waals surface area contributed by atoms with Crippen molar-refractivity contribution < 1.29 is 13.9 Å². The van der Waals surface area contributed by atoms with E-state index in [-0.39, 0.29) is 37.0 Å². The van der Waals surface area contributed by atoms with Crippen LogP contribution in [0.1, 0.15) is 13.8 Å². The van der Waals surface area contributed by atoms with Gasteiger partial charge in [-0.15, -0.1) is 12.4 Å². The molecule has 1 aliphatic heterocycles. The zero-order valence-corrected chi connectivity index (χ0v) is 14.5. The molecule has 130 valence electrons. The highest BCUT2D eigenvalue weighted by atomic mass is 35.5. The Labute approximate surface area is 146 Å². The molecule has 0 spiro atoms. The van der Waals surface area contributed by atoms with Gasteiger partial charge in [0.1, 0.15) is 11.3 Å². The van der Waals surface area contributed by atoms with Crippen LogP contribution in [0.25, 0.3) is 11.0 Å². The van der Waals surface area contributed by atoms with Gasteiger partial charge in [0, 0.05) is 42.7 Å². The number of amides is 1. The quantitative estimate of drug-likeness (QED) is 0.853. The number of benzene rings is 1. The average molecular weight is 353 g/mol. The third-order valence-corrected chi connectivity index (χ3v) is 4.31. The van der Waals surface area contributed by atoms with Crippen molar-refractivity contribution in [1.29, 1.82) is 0 Å². The number of nitrogens with zero attached hydrogens (tertiary/aromatic N) is 1. The molecule has 0 bridgehead atoms. The summed E-state index contributed by atoms with van der Waals surface area (Å²) in [5.74, 6) is 0.469. The van der Waals surface area contributed by atoms with E-state index in [0.717, 1.165) is 11.9 Å². The monoisotopic (exact) mass is 352 g/mol. The topological polar surface area (TPSA) is 71.8 Å². The summed E-state index contributed by atoms with van der Waals surface area (Å²) in [6.07, 6.45) is 0. The van der Waals surface area contributed by atoms with Crippen molar-refractivity contribution in [2.24, 2.45) is 0 Å². The van der Waals surface area contributed by atoms with Crippen LogP contribution in [-0.2, 0) is 4.79 Å². The van der Waals surface area contributed by atoms with E-state index in [9.17, 15) is 9.59 Å². The number of rotatable bonds is 3. The molecule has 1 amide bonds. The van der Waals surface area contributed by atoms with Gasteiger partial charge in [0.15, 0.2) is 6.61 Å². The van der Waals surface area contributed by atoms with E-state index < -0.39 is 5.63 Å². The highest BCUT2D eigenvalue weighted by molar-refractivity contribution is 5.85. The van der Waals surface area contributed by atoms with Crippen LogP contribution in [0.2, 0.25) is 0 Å². The van der Waals surface area contributed by atoms with Crippen molar-refractivity contribution in [3.63, 3.8) is 0 Å². The summed E-state index contributed by atoms with van der Waals surface area (Å²) in [5.41, 5.74) is 0.0426. The van der Waals surface area contributed by atoms with Crippen molar-refractivity contribution in [3.8, 4) is 5.75 Å². The van der Waals surface area contributed by atoms with Gasteiger partial charge in [-0.2, -0.15) is 0 Å². The molecule has 2 unspecified atom stereocenters. The van der Waals surface area contributed by atoms with Gasteiger partial charge in [-0.3, -0.25) is 4.79 Å². The highest BCUT2D eigenvalue weighted by Crippen LogP contribution is 2.19. The Balaban J connectivity index is 0.00000208. The number of nitrogens with one attached hydrogen (secondary N) is 1. The summed E-state index contributed by atoms with van der Waals surface area (Å²) in [5, 5.41) is 4.15. The Kier molecular flexibility index (Phi) is 5.85. The Bertz CT molecular complexity index is 777. The van der Waals surface area contributed by atoms with Crippen LogP contribution >= 0.6 is 12.4 Å². The lowest BCUT2D eigenvalue weighted by atomic mass is 10.1. The van der Waals surface area contributed by atoms with E-state index in [1.807, 2.05) is 11.8 Å². The first kappa shape index (κ1) is 18.3. The van der Waals surface area contributed by atoms with Crippen molar-refractivity contribution in [2.75, 3.05) is 19.7 Å². The Hall–Kier alpha value is -2.05. The predicted molar refractivity (Wildman–Crippen MR) is 93.9 cm³/mol. The van der Waals surface area contributed by atoms with Crippen LogP contribution in [0.4, 0.5) is 0 Å². The molecule has 0 radical (unpaired) electrons. The van der Waals surface area contributed by atoms with Crippen LogP contribution in [0.5, 0.6) is 5.75 Å². The first-order valence-electron chi connectivity index (χ1n) is 7.74. The molecule has 2 heterocycles. The van der Waals surface area contributed by atoms with Crippen LogP contribution in [0, 0.1) is 0 Å². The molecule has 3 rings (SSSR count). The molecule has 1 aliphatic rings. The Morgan fingerprint density at radius 1 is 1.33 bits per heavy atom. The molecule has 2 aromatic rings. The highest BCUT2D eigenvalue weighted by Gasteiger charge is 2.28. The minimum absolute atomic E-state index is 0. The molecule has 1 aromatic carbocycles. The summed E-state index contributed by atoms with van der Waals surface area (Å²) < 4.78 is 10.7. The maximum atomic E-state index is 12.3.